The number of halogens is 1. The van der Waals surface area contributed by atoms with E-state index in [2.05, 4.69) is 37.4 Å². The van der Waals surface area contributed by atoms with E-state index in [0.717, 1.165) is 5.69 Å². The number of rotatable bonds is 3. The van der Waals surface area contributed by atoms with Crippen molar-refractivity contribution in [3.63, 3.8) is 0 Å². The Hall–Kier alpha value is -1.98. The Morgan fingerprint density at radius 2 is 2.00 bits per heavy atom. The van der Waals surface area contributed by atoms with Gasteiger partial charge in [-0.1, -0.05) is 29.8 Å². The summed E-state index contributed by atoms with van der Waals surface area (Å²) in [5, 5.41) is 13.0. The van der Waals surface area contributed by atoms with Crippen molar-refractivity contribution in [1.29, 1.82) is 5.26 Å². The SMILES string of the molecule is Cc1cccc(CNc2cc(Cl)ccc2C#N)c1C. The van der Waals surface area contributed by atoms with Crippen molar-refractivity contribution >= 4 is 17.3 Å². The molecule has 96 valence electrons. The molecule has 0 aliphatic rings. The highest BCUT2D eigenvalue weighted by Crippen LogP contribution is 2.22. The lowest BCUT2D eigenvalue weighted by molar-refractivity contribution is 1.10. The molecule has 0 aromatic heterocycles. The summed E-state index contributed by atoms with van der Waals surface area (Å²) in [5.41, 5.74) is 5.15. The molecule has 0 radical (unpaired) electrons. The van der Waals surface area contributed by atoms with Crippen molar-refractivity contribution in [2.75, 3.05) is 5.32 Å². The number of benzene rings is 2. The second-order valence-electron chi connectivity index (χ2n) is 4.51. The third-order valence-electron chi connectivity index (χ3n) is 3.29. The van der Waals surface area contributed by atoms with E-state index < -0.39 is 0 Å². The maximum Gasteiger partial charge on any atom is 0.101 e. The van der Waals surface area contributed by atoms with Crippen LogP contribution in [0.3, 0.4) is 0 Å². The maximum absolute atomic E-state index is 9.07. The van der Waals surface area contributed by atoms with Crippen LogP contribution in [-0.2, 0) is 6.54 Å². The van der Waals surface area contributed by atoms with E-state index >= 15 is 0 Å². The highest BCUT2D eigenvalue weighted by atomic mass is 35.5. The molecule has 0 spiro atoms. The van der Waals surface area contributed by atoms with E-state index in [9.17, 15) is 0 Å². The number of nitrogens with zero attached hydrogens (tertiary/aromatic N) is 1. The number of anilines is 1. The van der Waals surface area contributed by atoms with Gasteiger partial charge in [-0.05, 0) is 48.7 Å². The van der Waals surface area contributed by atoms with Gasteiger partial charge < -0.3 is 5.32 Å². The summed E-state index contributed by atoms with van der Waals surface area (Å²) in [5.74, 6) is 0. The minimum atomic E-state index is 0.606. The zero-order valence-corrected chi connectivity index (χ0v) is 11.8. The van der Waals surface area contributed by atoms with E-state index in [1.54, 1.807) is 18.2 Å². The van der Waals surface area contributed by atoms with Crippen molar-refractivity contribution < 1.29 is 0 Å². The van der Waals surface area contributed by atoms with Gasteiger partial charge in [0.1, 0.15) is 6.07 Å². The lowest BCUT2D eigenvalue weighted by atomic mass is 10.0. The van der Waals surface area contributed by atoms with Crippen LogP contribution in [0.4, 0.5) is 5.69 Å². The molecule has 0 aliphatic carbocycles. The van der Waals surface area contributed by atoms with Gasteiger partial charge >= 0.3 is 0 Å². The van der Waals surface area contributed by atoms with Gasteiger partial charge in [-0.25, -0.2) is 0 Å². The minimum absolute atomic E-state index is 0.606. The summed E-state index contributed by atoms with van der Waals surface area (Å²) < 4.78 is 0. The Morgan fingerprint density at radius 1 is 1.21 bits per heavy atom. The van der Waals surface area contributed by atoms with Crippen LogP contribution in [0.2, 0.25) is 5.02 Å². The first-order valence-corrected chi connectivity index (χ1v) is 6.48. The molecule has 0 aliphatic heterocycles. The van der Waals surface area contributed by atoms with E-state index in [1.165, 1.54) is 16.7 Å². The van der Waals surface area contributed by atoms with Gasteiger partial charge in [-0.3, -0.25) is 0 Å². The van der Waals surface area contributed by atoms with Crippen molar-refractivity contribution in [3.8, 4) is 6.07 Å². The van der Waals surface area contributed by atoms with E-state index in [1.807, 2.05) is 6.07 Å². The normalized spacial score (nSPS) is 10.0. The predicted octanol–water partition coefficient (Wildman–Crippen LogP) is 4.44. The van der Waals surface area contributed by atoms with Gasteiger partial charge in [-0.15, -0.1) is 0 Å². The summed E-state index contributed by atoms with van der Waals surface area (Å²) in [4.78, 5) is 0. The topological polar surface area (TPSA) is 35.8 Å². The van der Waals surface area contributed by atoms with Crippen LogP contribution in [0.15, 0.2) is 36.4 Å². The van der Waals surface area contributed by atoms with Crippen LogP contribution in [0.1, 0.15) is 22.3 Å². The summed E-state index contributed by atoms with van der Waals surface area (Å²) in [6, 6.07) is 13.6. The fourth-order valence-corrected chi connectivity index (χ4v) is 2.13. The Kier molecular flexibility index (Phi) is 4.09. The van der Waals surface area contributed by atoms with Gasteiger partial charge in [0.15, 0.2) is 0 Å². The molecule has 3 heteroatoms. The Labute approximate surface area is 118 Å². The first-order valence-electron chi connectivity index (χ1n) is 6.10. The number of hydrogen-bond donors (Lipinski definition) is 1. The highest BCUT2D eigenvalue weighted by molar-refractivity contribution is 6.30. The smallest absolute Gasteiger partial charge is 0.101 e. The minimum Gasteiger partial charge on any atom is -0.380 e. The fourth-order valence-electron chi connectivity index (χ4n) is 1.95. The first-order chi connectivity index (χ1) is 9.11. The van der Waals surface area contributed by atoms with E-state index in [4.69, 9.17) is 16.9 Å². The van der Waals surface area contributed by atoms with Crippen LogP contribution in [0.5, 0.6) is 0 Å². The van der Waals surface area contributed by atoms with Crippen LogP contribution >= 0.6 is 11.6 Å². The zero-order valence-electron chi connectivity index (χ0n) is 11.0. The molecule has 0 saturated carbocycles. The Morgan fingerprint density at radius 3 is 2.74 bits per heavy atom. The first kappa shape index (κ1) is 13.5. The zero-order chi connectivity index (χ0) is 13.8. The summed E-state index contributed by atoms with van der Waals surface area (Å²) in [7, 11) is 0. The molecule has 0 fully saturated rings. The van der Waals surface area contributed by atoms with Crippen molar-refractivity contribution in [1.82, 2.24) is 0 Å². The molecule has 0 heterocycles. The highest BCUT2D eigenvalue weighted by Gasteiger charge is 2.04. The molecule has 0 bridgehead atoms. The average molecular weight is 271 g/mol. The molecular formula is C16H15ClN2. The monoisotopic (exact) mass is 270 g/mol. The quantitative estimate of drug-likeness (QED) is 0.895. The Balaban J connectivity index is 2.21. The lowest BCUT2D eigenvalue weighted by Gasteiger charge is -2.12. The fraction of sp³-hybridized carbons (Fsp3) is 0.188. The van der Waals surface area contributed by atoms with Gasteiger partial charge in [-0.2, -0.15) is 5.26 Å². The van der Waals surface area contributed by atoms with E-state index in [-0.39, 0.29) is 0 Å². The average Bonchev–Trinajstić information content (AvgIpc) is 2.40. The molecular weight excluding hydrogens is 256 g/mol. The molecule has 0 saturated heterocycles. The number of hydrogen-bond acceptors (Lipinski definition) is 2. The second kappa shape index (κ2) is 5.77. The van der Waals surface area contributed by atoms with Crippen LogP contribution in [0, 0.1) is 25.2 Å². The Bertz CT molecular complexity index is 642. The third kappa shape index (κ3) is 3.07. The van der Waals surface area contributed by atoms with Gasteiger partial charge in [0.25, 0.3) is 0 Å². The predicted molar refractivity (Wildman–Crippen MR) is 79.4 cm³/mol. The maximum atomic E-state index is 9.07. The van der Waals surface area contributed by atoms with Gasteiger partial charge in [0, 0.05) is 11.6 Å². The molecule has 2 rings (SSSR count). The summed E-state index contributed by atoms with van der Waals surface area (Å²) in [6.07, 6.45) is 0. The molecule has 2 aromatic carbocycles. The van der Waals surface area contributed by atoms with Gasteiger partial charge in [0.05, 0.1) is 11.3 Å². The van der Waals surface area contributed by atoms with Gasteiger partial charge in [0.2, 0.25) is 0 Å². The van der Waals surface area contributed by atoms with E-state index in [0.29, 0.717) is 17.1 Å². The standard InChI is InChI=1S/C16H15ClN2/c1-11-4-3-5-14(12(11)2)10-19-16-8-15(17)7-6-13(16)9-18/h3-8,19H,10H2,1-2H3. The number of nitriles is 1. The van der Waals surface area contributed by atoms with Crippen molar-refractivity contribution in [2.45, 2.75) is 20.4 Å². The van der Waals surface area contributed by atoms with Crippen LogP contribution in [0.25, 0.3) is 0 Å². The molecule has 0 unspecified atom stereocenters. The number of aryl methyl sites for hydroxylation is 1. The summed E-state index contributed by atoms with van der Waals surface area (Å²) in [6.45, 7) is 4.89. The second-order valence-corrected chi connectivity index (χ2v) is 4.95. The molecule has 0 amide bonds. The van der Waals surface area contributed by atoms with Crippen molar-refractivity contribution in [2.24, 2.45) is 0 Å². The molecule has 2 nitrogen and oxygen atoms in total. The molecule has 19 heavy (non-hydrogen) atoms. The molecule has 2 aromatic rings. The third-order valence-corrected chi connectivity index (χ3v) is 3.52. The molecule has 0 atom stereocenters. The lowest BCUT2D eigenvalue weighted by Crippen LogP contribution is -2.03. The van der Waals surface area contributed by atoms with Crippen LogP contribution < -0.4 is 5.32 Å². The van der Waals surface area contributed by atoms with Crippen molar-refractivity contribution in [3.05, 3.63) is 63.7 Å². The molecule has 1 N–H and O–H groups in total. The summed E-state index contributed by atoms with van der Waals surface area (Å²) >= 11 is 5.96. The van der Waals surface area contributed by atoms with Crippen LogP contribution in [-0.4, -0.2) is 0 Å². The number of nitrogens with one attached hydrogen (secondary N) is 1. The largest absolute Gasteiger partial charge is 0.380 e.